The van der Waals surface area contributed by atoms with Crippen LogP contribution in [0.1, 0.15) is 17.8 Å². The van der Waals surface area contributed by atoms with Gasteiger partial charge in [-0.1, -0.05) is 12.1 Å². The first-order valence-corrected chi connectivity index (χ1v) is 7.97. The van der Waals surface area contributed by atoms with Crippen molar-refractivity contribution in [2.45, 2.75) is 13.3 Å². The Morgan fingerprint density at radius 2 is 1.89 bits per heavy atom. The summed E-state index contributed by atoms with van der Waals surface area (Å²) in [4.78, 5) is 8.15. The molecule has 4 rings (SSSR count). The molecule has 27 heavy (non-hydrogen) atoms. The van der Waals surface area contributed by atoms with Gasteiger partial charge in [0.2, 0.25) is 5.95 Å². The largest absolute Gasteiger partial charge is 0.369 e. The number of hydrogen-bond donors (Lipinski definition) is 1. The quantitative estimate of drug-likeness (QED) is 0.593. The van der Waals surface area contributed by atoms with Gasteiger partial charge in [0.15, 0.2) is 5.65 Å². The second-order valence-corrected chi connectivity index (χ2v) is 5.92. The maximum atomic E-state index is 14.5. The first-order valence-electron chi connectivity index (χ1n) is 7.97. The molecule has 0 atom stereocenters. The zero-order chi connectivity index (χ0) is 19.1. The molecule has 0 bridgehead atoms. The fourth-order valence-electron chi connectivity index (χ4n) is 2.97. The van der Waals surface area contributed by atoms with Crippen LogP contribution in [0.2, 0.25) is 0 Å². The number of rotatable bonds is 3. The molecule has 0 aliphatic heterocycles. The van der Waals surface area contributed by atoms with Gasteiger partial charge in [-0.3, -0.25) is 9.38 Å². The number of nitrogen functional groups attached to an aromatic ring is 1. The molecule has 0 saturated heterocycles. The maximum absolute atomic E-state index is 14.5. The van der Waals surface area contributed by atoms with Crippen molar-refractivity contribution in [1.82, 2.24) is 24.6 Å². The lowest BCUT2D eigenvalue weighted by Gasteiger charge is -2.14. The van der Waals surface area contributed by atoms with Crippen LogP contribution in [0.4, 0.5) is 19.1 Å². The lowest BCUT2D eigenvalue weighted by Crippen LogP contribution is -2.05. The van der Waals surface area contributed by atoms with E-state index in [-0.39, 0.29) is 28.5 Å². The van der Waals surface area contributed by atoms with Gasteiger partial charge in [-0.15, -0.1) is 10.2 Å². The summed E-state index contributed by atoms with van der Waals surface area (Å²) in [6.07, 6.45) is -1.40. The minimum atomic E-state index is -2.75. The highest BCUT2D eigenvalue weighted by Crippen LogP contribution is 2.36. The van der Waals surface area contributed by atoms with Crippen LogP contribution in [0.3, 0.4) is 0 Å². The van der Waals surface area contributed by atoms with Gasteiger partial charge in [-0.25, -0.2) is 18.2 Å². The van der Waals surface area contributed by atoms with Crippen molar-refractivity contribution in [1.29, 1.82) is 0 Å². The monoisotopic (exact) mass is 370 g/mol. The summed E-state index contributed by atoms with van der Waals surface area (Å²) >= 11 is 0. The van der Waals surface area contributed by atoms with E-state index in [0.717, 1.165) is 0 Å². The maximum Gasteiger partial charge on any atom is 0.280 e. The lowest BCUT2D eigenvalue weighted by molar-refractivity contribution is 0.146. The molecule has 1 aromatic carbocycles. The van der Waals surface area contributed by atoms with E-state index >= 15 is 0 Å². The second kappa shape index (κ2) is 6.35. The van der Waals surface area contributed by atoms with Gasteiger partial charge in [-0.2, -0.15) is 0 Å². The highest BCUT2D eigenvalue weighted by atomic mass is 19.3. The smallest absolute Gasteiger partial charge is 0.280 e. The molecular weight excluding hydrogens is 357 g/mol. The zero-order valence-corrected chi connectivity index (χ0v) is 14.1. The molecule has 0 saturated carbocycles. The molecule has 136 valence electrons. The van der Waals surface area contributed by atoms with Crippen molar-refractivity contribution in [3.63, 3.8) is 0 Å². The van der Waals surface area contributed by atoms with E-state index in [1.165, 1.54) is 28.9 Å². The summed E-state index contributed by atoms with van der Waals surface area (Å²) in [5.74, 6) is -0.466. The lowest BCUT2D eigenvalue weighted by atomic mass is 9.99. The molecule has 3 aromatic heterocycles. The van der Waals surface area contributed by atoms with Gasteiger partial charge in [0, 0.05) is 11.3 Å². The van der Waals surface area contributed by atoms with Crippen molar-refractivity contribution in [2.24, 2.45) is 0 Å². The van der Waals surface area contributed by atoms with Gasteiger partial charge in [0.25, 0.3) is 6.43 Å². The number of anilines is 1. The van der Waals surface area contributed by atoms with Crippen LogP contribution in [-0.2, 0) is 0 Å². The molecule has 0 unspecified atom stereocenters. The van der Waals surface area contributed by atoms with Crippen molar-refractivity contribution in [2.75, 3.05) is 5.73 Å². The Morgan fingerprint density at radius 1 is 1.11 bits per heavy atom. The van der Waals surface area contributed by atoms with Crippen LogP contribution in [0.25, 0.3) is 28.0 Å². The molecule has 4 aromatic rings. The van der Waals surface area contributed by atoms with Crippen molar-refractivity contribution in [3.8, 4) is 22.4 Å². The molecule has 0 amide bonds. The minimum Gasteiger partial charge on any atom is -0.369 e. The van der Waals surface area contributed by atoms with Crippen molar-refractivity contribution < 1.29 is 13.2 Å². The molecule has 0 radical (unpaired) electrons. The summed E-state index contributed by atoms with van der Waals surface area (Å²) in [5.41, 5.74) is 7.33. The second-order valence-electron chi connectivity index (χ2n) is 5.92. The van der Waals surface area contributed by atoms with Crippen LogP contribution < -0.4 is 5.73 Å². The number of aromatic nitrogens is 5. The first-order chi connectivity index (χ1) is 13.0. The fourth-order valence-corrected chi connectivity index (χ4v) is 2.97. The number of nitrogens with zero attached hydrogens (tertiary/aromatic N) is 5. The SMILES string of the molecule is Cc1cc(-c2c(-c3ccccc3F)nc(N)n3cnnc23)cc(C(F)F)n1. The van der Waals surface area contributed by atoms with Crippen LogP contribution in [0.15, 0.2) is 42.7 Å². The third-order valence-electron chi connectivity index (χ3n) is 4.10. The molecular formula is C18H13F3N6. The highest BCUT2D eigenvalue weighted by molar-refractivity contribution is 5.91. The molecule has 0 fully saturated rings. The minimum absolute atomic E-state index is 0.0527. The number of benzene rings is 1. The average Bonchev–Trinajstić information content (AvgIpc) is 3.11. The van der Waals surface area contributed by atoms with E-state index in [4.69, 9.17) is 5.73 Å². The van der Waals surface area contributed by atoms with Gasteiger partial charge in [0.1, 0.15) is 17.8 Å². The van der Waals surface area contributed by atoms with E-state index in [9.17, 15) is 13.2 Å². The van der Waals surface area contributed by atoms with Crippen molar-refractivity contribution >= 4 is 11.6 Å². The summed E-state index contributed by atoms with van der Waals surface area (Å²) in [6.45, 7) is 1.60. The third-order valence-corrected chi connectivity index (χ3v) is 4.10. The Labute approximate surface area is 151 Å². The number of pyridine rings is 1. The Bertz CT molecular complexity index is 1160. The molecule has 0 aliphatic carbocycles. The number of nitrogens with two attached hydrogens (primary N) is 1. The number of alkyl halides is 2. The third kappa shape index (κ3) is 2.86. The molecule has 3 heterocycles. The van der Waals surface area contributed by atoms with Crippen molar-refractivity contribution in [3.05, 3.63) is 59.9 Å². The summed E-state index contributed by atoms with van der Waals surface area (Å²) in [7, 11) is 0. The van der Waals surface area contributed by atoms with Gasteiger partial charge in [-0.05, 0) is 36.8 Å². The number of halogens is 3. The van der Waals surface area contributed by atoms with E-state index < -0.39 is 12.2 Å². The van der Waals surface area contributed by atoms with Crippen LogP contribution >= 0.6 is 0 Å². The molecule has 6 nitrogen and oxygen atoms in total. The summed E-state index contributed by atoms with van der Waals surface area (Å²) in [6, 6.07) is 8.87. The highest BCUT2D eigenvalue weighted by Gasteiger charge is 2.22. The van der Waals surface area contributed by atoms with E-state index in [1.807, 2.05) is 0 Å². The normalized spacial score (nSPS) is 11.4. The van der Waals surface area contributed by atoms with Crippen LogP contribution in [0, 0.1) is 12.7 Å². The first kappa shape index (κ1) is 17.0. The Morgan fingerprint density at radius 3 is 2.63 bits per heavy atom. The zero-order valence-electron chi connectivity index (χ0n) is 14.1. The summed E-state index contributed by atoms with van der Waals surface area (Å²) in [5, 5.41) is 7.86. The number of fused-ring (bicyclic) bond motifs is 1. The van der Waals surface area contributed by atoms with E-state index in [0.29, 0.717) is 16.8 Å². The van der Waals surface area contributed by atoms with E-state index in [2.05, 4.69) is 20.2 Å². The molecule has 9 heteroatoms. The van der Waals surface area contributed by atoms with Crippen LogP contribution in [0.5, 0.6) is 0 Å². The van der Waals surface area contributed by atoms with Gasteiger partial charge >= 0.3 is 0 Å². The average molecular weight is 370 g/mol. The molecule has 0 spiro atoms. The van der Waals surface area contributed by atoms with Crippen LogP contribution in [-0.4, -0.2) is 24.6 Å². The fraction of sp³-hybridized carbons (Fsp3) is 0.111. The predicted octanol–water partition coefficient (Wildman–Crippen LogP) is 3.82. The number of hydrogen-bond acceptors (Lipinski definition) is 5. The Hall–Kier alpha value is -3.49. The van der Waals surface area contributed by atoms with Gasteiger partial charge < -0.3 is 5.73 Å². The predicted molar refractivity (Wildman–Crippen MR) is 93.5 cm³/mol. The Kier molecular flexibility index (Phi) is 3.98. The molecule has 0 aliphatic rings. The standard InChI is InChI=1S/C18H13F3N6/c1-9-6-10(7-13(24-9)16(20)21)14-15(11-4-2-3-5-12(11)19)25-18(22)27-8-23-26-17(14)27/h2-8,16H,1H3,(H2,22,25). The number of aryl methyl sites for hydroxylation is 1. The topological polar surface area (TPSA) is 82.0 Å². The Balaban J connectivity index is 2.11. The summed E-state index contributed by atoms with van der Waals surface area (Å²) < 4.78 is 42.4. The van der Waals surface area contributed by atoms with Gasteiger partial charge in [0.05, 0.1) is 11.3 Å². The molecule has 2 N–H and O–H groups in total. The van der Waals surface area contributed by atoms with E-state index in [1.54, 1.807) is 25.1 Å².